The highest BCUT2D eigenvalue weighted by atomic mass is 32.1. The molecule has 2 aromatic rings. The lowest BCUT2D eigenvalue weighted by atomic mass is 10.2. The van der Waals surface area contributed by atoms with Gasteiger partial charge in [0.15, 0.2) is 4.77 Å². The Labute approximate surface area is 157 Å². The molecule has 8 heteroatoms. The Bertz CT molecular complexity index is 913. The van der Waals surface area contributed by atoms with Crippen molar-refractivity contribution in [2.24, 2.45) is 4.99 Å². The summed E-state index contributed by atoms with van der Waals surface area (Å²) in [6.45, 7) is 7.32. The fraction of sp³-hybridized carbons (Fsp3) is 0.389. The Morgan fingerprint density at radius 1 is 1.35 bits per heavy atom. The van der Waals surface area contributed by atoms with Crippen LogP contribution >= 0.6 is 12.2 Å². The quantitative estimate of drug-likeness (QED) is 0.542. The smallest absolute Gasteiger partial charge is 0.264 e. The molecule has 0 amide bonds. The Balaban J connectivity index is 1.83. The molecule has 0 spiro atoms. The number of hydrogen-bond donors (Lipinski definition) is 3. The Morgan fingerprint density at radius 3 is 2.85 bits per heavy atom. The van der Waals surface area contributed by atoms with E-state index in [0.29, 0.717) is 12.2 Å². The predicted molar refractivity (Wildman–Crippen MR) is 105 cm³/mol. The molecule has 1 aliphatic rings. The molecule has 0 saturated carbocycles. The monoisotopic (exact) mass is 373 g/mol. The van der Waals surface area contributed by atoms with Crippen LogP contribution in [0.5, 0.6) is 5.88 Å². The van der Waals surface area contributed by atoms with E-state index in [0.717, 1.165) is 38.3 Å². The number of aromatic nitrogens is 2. The first-order valence-corrected chi connectivity index (χ1v) is 9.05. The van der Waals surface area contributed by atoms with Crippen LogP contribution in [0.15, 0.2) is 34.1 Å². The highest BCUT2D eigenvalue weighted by Gasteiger charge is 2.13. The van der Waals surface area contributed by atoms with E-state index in [1.165, 1.54) is 10.8 Å². The second kappa shape index (κ2) is 8.39. The fourth-order valence-corrected chi connectivity index (χ4v) is 3.24. The Hall–Kier alpha value is -2.29. The van der Waals surface area contributed by atoms with Gasteiger partial charge in [0.05, 0.1) is 12.2 Å². The maximum absolute atomic E-state index is 12.2. The molecule has 1 aromatic carbocycles. The molecule has 3 N–H and O–H groups in total. The number of H-pyrrole nitrogens is 1. The topological polar surface area (TPSA) is 85.7 Å². The second-order valence-electron chi connectivity index (χ2n) is 6.30. The Morgan fingerprint density at radius 2 is 2.12 bits per heavy atom. The lowest BCUT2D eigenvalue weighted by Gasteiger charge is -2.26. The molecule has 1 saturated heterocycles. The van der Waals surface area contributed by atoms with Gasteiger partial charge in [0.25, 0.3) is 5.56 Å². The van der Waals surface area contributed by atoms with Crippen LogP contribution in [0.1, 0.15) is 11.1 Å². The van der Waals surface area contributed by atoms with E-state index in [-0.39, 0.29) is 16.2 Å². The molecular formula is C18H23N5O2S. The van der Waals surface area contributed by atoms with Crippen molar-refractivity contribution in [3.05, 3.63) is 50.5 Å². The number of aryl methyl sites for hydroxylation is 1. The summed E-state index contributed by atoms with van der Waals surface area (Å²) in [5, 5.41) is 13.9. The summed E-state index contributed by atoms with van der Waals surface area (Å²) in [7, 11) is 0. The zero-order valence-corrected chi connectivity index (χ0v) is 15.6. The third-order valence-corrected chi connectivity index (χ3v) is 4.64. The van der Waals surface area contributed by atoms with Crippen LogP contribution in [0.25, 0.3) is 5.69 Å². The first kappa shape index (κ1) is 18.5. The van der Waals surface area contributed by atoms with Crippen molar-refractivity contribution >= 4 is 18.4 Å². The summed E-state index contributed by atoms with van der Waals surface area (Å²) >= 11 is 5.22. The molecule has 0 atom stereocenters. The molecule has 138 valence electrons. The minimum atomic E-state index is -0.442. The van der Waals surface area contributed by atoms with Crippen molar-refractivity contribution in [1.82, 2.24) is 19.8 Å². The summed E-state index contributed by atoms with van der Waals surface area (Å²) < 4.78 is 1.59. The largest absolute Gasteiger partial charge is 0.494 e. The molecule has 0 unspecified atom stereocenters. The van der Waals surface area contributed by atoms with Gasteiger partial charge in [0.2, 0.25) is 5.88 Å². The summed E-state index contributed by atoms with van der Waals surface area (Å²) in [4.78, 5) is 21.5. The molecule has 2 heterocycles. The van der Waals surface area contributed by atoms with Gasteiger partial charge in [-0.3, -0.25) is 24.2 Å². The molecule has 0 radical (unpaired) electrons. The van der Waals surface area contributed by atoms with Crippen LogP contribution in [0.3, 0.4) is 0 Å². The molecule has 26 heavy (non-hydrogen) atoms. The zero-order valence-electron chi connectivity index (χ0n) is 14.7. The molecule has 7 nitrogen and oxygen atoms in total. The van der Waals surface area contributed by atoms with Gasteiger partial charge in [-0.1, -0.05) is 12.1 Å². The van der Waals surface area contributed by atoms with Crippen molar-refractivity contribution in [2.75, 3.05) is 39.3 Å². The SMILES string of the molecule is Cc1cccc(-n2c(O)c(C=NCCN3CCNCC3)c(=O)[nH]c2=S)c1. The van der Waals surface area contributed by atoms with Crippen LogP contribution in [0.2, 0.25) is 0 Å². The summed E-state index contributed by atoms with van der Waals surface area (Å²) in [6, 6.07) is 7.54. The predicted octanol–water partition coefficient (Wildman–Crippen LogP) is 1.23. The minimum absolute atomic E-state index is 0.111. The normalized spacial score (nSPS) is 15.6. The van der Waals surface area contributed by atoms with E-state index in [1.807, 2.05) is 31.2 Å². The Kier molecular flexibility index (Phi) is 5.97. The van der Waals surface area contributed by atoms with Crippen LogP contribution in [-0.4, -0.2) is 65.0 Å². The number of nitrogens with zero attached hydrogens (tertiary/aromatic N) is 3. The van der Waals surface area contributed by atoms with Gasteiger partial charge in [0, 0.05) is 38.9 Å². The van der Waals surface area contributed by atoms with E-state index in [2.05, 4.69) is 20.2 Å². The van der Waals surface area contributed by atoms with E-state index in [9.17, 15) is 9.90 Å². The molecule has 0 bridgehead atoms. The second-order valence-corrected chi connectivity index (χ2v) is 6.68. The molecule has 1 aromatic heterocycles. The molecule has 3 rings (SSSR count). The summed E-state index contributed by atoms with van der Waals surface area (Å²) in [5.74, 6) is -0.199. The van der Waals surface area contributed by atoms with Gasteiger partial charge in [-0.2, -0.15) is 0 Å². The summed E-state index contributed by atoms with van der Waals surface area (Å²) in [5.41, 5.74) is 1.39. The third-order valence-electron chi connectivity index (χ3n) is 4.36. The van der Waals surface area contributed by atoms with E-state index >= 15 is 0 Å². The van der Waals surface area contributed by atoms with Crippen LogP contribution in [-0.2, 0) is 0 Å². The number of aromatic amines is 1. The van der Waals surface area contributed by atoms with Gasteiger partial charge in [-0.15, -0.1) is 0 Å². The van der Waals surface area contributed by atoms with Crippen LogP contribution in [0.4, 0.5) is 0 Å². The van der Waals surface area contributed by atoms with Gasteiger partial charge >= 0.3 is 0 Å². The number of nitrogens with one attached hydrogen (secondary N) is 2. The highest BCUT2D eigenvalue weighted by molar-refractivity contribution is 7.71. The number of benzene rings is 1. The van der Waals surface area contributed by atoms with Crippen molar-refractivity contribution in [1.29, 1.82) is 0 Å². The van der Waals surface area contributed by atoms with E-state index < -0.39 is 5.56 Å². The number of aromatic hydroxyl groups is 1. The average Bonchev–Trinajstić information content (AvgIpc) is 2.61. The standard InChI is InChI=1S/C18H23N5O2S/c1-13-3-2-4-14(11-13)23-17(25)15(16(24)21-18(23)26)12-20-7-10-22-8-5-19-6-9-22/h2-4,11-12,19,25H,5-10H2,1H3,(H,21,24,26). The summed E-state index contributed by atoms with van der Waals surface area (Å²) in [6.07, 6.45) is 1.43. The first-order chi connectivity index (χ1) is 12.6. The molecular weight excluding hydrogens is 350 g/mol. The maximum atomic E-state index is 12.2. The number of rotatable bonds is 5. The van der Waals surface area contributed by atoms with Crippen LogP contribution < -0.4 is 10.9 Å². The van der Waals surface area contributed by atoms with Gasteiger partial charge in [0.1, 0.15) is 5.56 Å². The molecule has 1 aliphatic heterocycles. The number of piperazine rings is 1. The zero-order chi connectivity index (χ0) is 18.5. The lowest BCUT2D eigenvalue weighted by molar-refractivity contribution is 0.248. The van der Waals surface area contributed by atoms with E-state index in [1.54, 1.807) is 0 Å². The van der Waals surface area contributed by atoms with Crippen LogP contribution in [0, 0.1) is 11.7 Å². The maximum Gasteiger partial charge on any atom is 0.264 e. The highest BCUT2D eigenvalue weighted by Crippen LogP contribution is 2.19. The number of hydrogen-bond acceptors (Lipinski definition) is 6. The fourth-order valence-electron chi connectivity index (χ4n) is 2.95. The van der Waals surface area contributed by atoms with Crippen molar-refractivity contribution in [3.8, 4) is 11.6 Å². The average molecular weight is 373 g/mol. The van der Waals surface area contributed by atoms with Gasteiger partial charge in [-0.25, -0.2) is 0 Å². The van der Waals surface area contributed by atoms with E-state index in [4.69, 9.17) is 12.2 Å². The van der Waals surface area contributed by atoms with Gasteiger partial charge < -0.3 is 10.4 Å². The lowest BCUT2D eigenvalue weighted by Crippen LogP contribution is -2.44. The van der Waals surface area contributed by atoms with Gasteiger partial charge in [-0.05, 0) is 36.8 Å². The van der Waals surface area contributed by atoms with Crippen molar-refractivity contribution < 1.29 is 5.11 Å². The van der Waals surface area contributed by atoms with Crippen molar-refractivity contribution in [2.45, 2.75) is 6.92 Å². The van der Waals surface area contributed by atoms with Crippen molar-refractivity contribution in [3.63, 3.8) is 0 Å². The third kappa shape index (κ3) is 4.27. The number of aliphatic imine (C=N–C) groups is 1. The molecule has 1 fully saturated rings. The first-order valence-electron chi connectivity index (χ1n) is 8.64. The minimum Gasteiger partial charge on any atom is -0.494 e. The molecule has 0 aliphatic carbocycles.